The Morgan fingerprint density at radius 2 is 1.95 bits per heavy atom. The van der Waals surface area contributed by atoms with Crippen LogP contribution >= 0.6 is 0 Å². The van der Waals surface area contributed by atoms with E-state index < -0.39 is 11.8 Å². The monoisotopic (exact) mass is 263 g/mol. The summed E-state index contributed by atoms with van der Waals surface area (Å²) < 4.78 is 0. The number of benzene rings is 1. The maximum absolute atomic E-state index is 12.1. The number of unbranched alkanes of at least 4 members (excludes halogenated alkanes) is 1. The molecule has 2 amide bonds. The molecule has 5 nitrogen and oxygen atoms in total. The lowest BCUT2D eigenvalue weighted by Gasteiger charge is -2.22. The molecular formula is C14H21N3O2. The normalized spacial score (nSPS) is 10.0. The lowest BCUT2D eigenvalue weighted by atomic mass is 10.2. The van der Waals surface area contributed by atoms with Crippen LogP contribution < -0.4 is 16.0 Å². The highest BCUT2D eigenvalue weighted by Gasteiger charge is 2.22. The molecule has 0 unspecified atom stereocenters. The molecule has 104 valence electrons. The fourth-order valence-electron chi connectivity index (χ4n) is 1.66. The van der Waals surface area contributed by atoms with Gasteiger partial charge in [-0.05, 0) is 18.6 Å². The fraction of sp³-hybridized carbons (Fsp3) is 0.429. The first-order chi connectivity index (χ1) is 9.20. The molecule has 1 rings (SSSR count). The van der Waals surface area contributed by atoms with Crippen molar-refractivity contribution in [3.63, 3.8) is 0 Å². The van der Waals surface area contributed by atoms with E-state index in [0.29, 0.717) is 19.6 Å². The third kappa shape index (κ3) is 4.71. The van der Waals surface area contributed by atoms with Crippen LogP contribution in [0.5, 0.6) is 0 Å². The lowest BCUT2D eigenvalue weighted by Crippen LogP contribution is -2.44. The highest BCUT2D eigenvalue weighted by Crippen LogP contribution is 2.14. The number of nitrogens with one attached hydrogen (secondary N) is 1. The topological polar surface area (TPSA) is 75.4 Å². The first-order valence-electron chi connectivity index (χ1n) is 6.55. The van der Waals surface area contributed by atoms with Crippen LogP contribution in [-0.4, -0.2) is 31.4 Å². The second kappa shape index (κ2) is 8.26. The van der Waals surface area contributed by atoms with Gasteiger partial charge in [-0.25, -0.2) is 0 Å². The summed E-state index contributed by atoms with van der Waals surface area (Å²) in [7, 11) is 0. The summed E-state index contributed by atoms with van der Waals surface area (Å²) in [6, 6.07) is 9.21. The quantitative estimate of drug-likeness (QED) is 0.749. The van der Waals surface area contributed by atoms with Gasteiger partial charge >= 0.3 is 11.8 Å². The minimum Gasteiger partial charge on any atom is -0.347 e. The molecule has 0 spiro atoms. The molecule has 0 heterocycles. The predicted octanol–water partition coefficient (Wildman–Crippen LogP) is 0.895. The first-order valence-corrected chi connectivity index (χ1v) is 6.55. The van der Waals surface area contributed by atoms with Gasteiger partial charge in [-0.1, -0.05) is 31.5 Å². The molecule has 0 saturated carbocycles. The molecule has 0 aliphatic carbocycles. The van der Waals surface area contributed by atoms with Gasteiger partial charge in [-0.15, -0.1) is 0 Å². The van der Waals surface area contributed by atoms with Crippen LogP contribution in [0.3, 0.4) is 0 Å². The third-order valence-electron chi connectivity index (χ3n) is 2.67. The number of anilines is 1. The summed E-state index contributed by atoms with van der Waals surface area (Å²) in [6.07, 6.45) is 1.81. The SMILES string of the molecule is CCCCN(C(=O)C(=O)NCCN)c1ccccc1. The molecule has 1 aromatic carbocycles. The number of para-hydroxylation sites is 1. The average molecular weight is 263 g/mol. The van der Waals surface area contributed by atoms with Gasteiger partial charge in [-0.2, -0.15) is 0 Å². The van der Waals surface area contributed by atoms with E-state index in [1.165, 1.54) is 4.90 Å². The zero-order valence-corrected chi connectivity index (χ0v) is 11.3. The number of amides is 2. The summed E-state index contributed by atoms with van der Waals surface area (Å²) in [4.78, 5) is 25.4. The summed E-state index contributed by atoms with van der Waals surface area (Å²) in [6.45, 7) is 3.21. The molecule has 1 aromatic rings. The van der Waals surface area contributed by atoms with Crippen LogP contribution in [0.25, 0.3) is 0 Å². The number of nitrogens with zero attached hydrogens (tertiary/aromatic N) is 1. The zero-order valence-electron chi connectivity index (χ0n) is 11.3. The standard InChI is InChI=1S/C14H21N3O2/c1-2-3-11-17(12-7-5-4-6-8-12)14(19)13(18)16-10-9-15/h4-8H,2-3,9-11,15H2,1H3,(H,16,18). The van der Waals surface area contributed by atoms with Crippen molar-refractivity contribution < 1.29 is 9.59 Å². The Morgan fingerprint density at radius 1 is 1.26 bits per heavy atom. The van der Waals surface area contributed by atoms with E-state index in [4.69, 9.17) is 5.73 Å². The van der Waals surface area contributed by atoms with E-state index in [2.05, 4.69) is 5.32 Å². The Kier molecular flexibility index (Phi) is 6.60. The molecule has 5 heteroatoms. The van der Waals surface area contributed by atoms with Crippen molar-refractivity contribution in [1.82, 2.24) is 5.32 Å². The van der Waals surface area contributed by atoms with Gasteiger partial charge in [0.15, 0.2) is 0 Å². The number of hydrogen-bond acceptors (Lipinski definition) is 3. The number of carbonyl (C=O) groups excluding carboxylic acids is 2. The van der Waals surface area contributed by atoms with Crippen molar-refractivity contribution in [1.29, 1.82) is 0 Å². The molecule has 0 aliphatic rings. The van der Waals surface area contributed by atoms with Gasteiger partial charge in [0.1, 0.15) is 0 Å². The third-order valence-corrected chi connectivity index (χ3v) is 2.67. The van der Waals surface area contributed by atoms with Gasteiger partial charge < -0.3 is 16.0 Å². The molecule has 0 bridgehead atoms. The maximum Gasteiger partial charge on any atom is 0.316 e. The van der Waals surface area contributed by atoms with Crippen LogP contribution in [0.15, 0.2) is 30.3 Å². The molecular weight excluding hydrogens is 242 g/mol. The zero-order chi connectivity index (χ0) is 14.1. The van der Waals surface area contributed by atoms with Crippen LogP contribution in [0.1, 0.15) is 19.8 Å². The van der Waals surface area contributed by atoms with Gasteiger partial charge in [0, 0.05) is 25.3 Å². The Morgan fingerprint density at radius 3 is 2.53 bits per heavy atom. The van der Waals surface area contributed by atoms with Crippen LogP contribution in [0, 0.1) is 0 Å². The first kappa shape index (κ1) is 15.2. The Balaban J connectivity index is 2.79. The van der Waals surface area contributed by atoms with E-state index >= 15 is 0 Å². The second-order valence-electron chi connectivity index (χ2n) is 4.19. The van der Waals surface area contributed by atoms with Crippen LogP contribution in [-0.2, 0) is 9.59 Å². The largest absolute Gasteiger partial charge is 0.347 e. The van der Waals surface area contributed by atoms with Gasteiger partial charge in [0.05, 0.1) is 0 Å². The molecule has 0 radical (unpaired) electrons. The van der Waals surface area contributed by atoms with Crippen molar-refractivity contribution >= 4 is 17.5 Å². The Labute approximate surface area is 113 Å². The summed E-state index contributed by atoms with van der Waals surface area (Å²) in [5.74, 6) is -1.14. The summed E-state index contributed by atoms with van der Waals surface area (Å²) >= 11 is 0. The lowest BCUT2D eigenvalue weighted by molar-refractivity contribution is -0.137. The summed E-state index contributed by atoms with van der Waals surface area (Å²) in [5, 5.41) is 2.50. The van der Waals surface area contributed by atoms with E-state index in [0.717, 1.165) is 18.5 Å². The summed E-state index contributed by atoms with van der Waals surface area (Å²) in [5.41, 5.74) is 6.04. The molecule has 0 aliphatic heterocycles. The second-order valence-corrected chi connectivity index (χ2v) is 4.19. The number of carbonyl (C=O) groups is 2. The van der Waals surface area contributed by atoms with E-state index in [1.54, 1.807) is 0 Å². The number of nitrogens with two attached hydrogens (primary N) is 1. The Hall–Kier alpha value is -1.88. The van der Waals surface area contributed by atoms with Crippen molar-refractivity contribution in [2.75, 3.05) is 24.5 Å². The van der Waals surface area contributed by atoms with Gasteiger partial charge in [0.25, 0.3) is 0 Å². The molecule has 0 atom stereocenters. The fourth-order valence-corrected chi connectivity index (χ4v) is 1.66. The van der Waals surface area contributed by atoms with Crippen molar-refractivity contribution in [3.05, 3.63) is 30.3 Å². The van der Waals surface area contributed by atoms with Gasteiger partial charge in [-0.3, -0.25) is 9.59 Å². The van der Waals surface area contributed by atoms with Crippen LogP contribution in [0.2, 0.25) is 0 Å². The highest BCUT2D eigenvalue weighted by molar-refractivity contribution is 6.40. The maximum atomic E-state index is 12.1. The minimum absolute atomic E-state index is 0.307. The number of hydrogen-bond donors (Lipinski definition) is 2. The molecule has 0 aromatic heterocycles. The molecule has 3 N–H and O–H groups in total. The molecule has 19 heavy (non-hydrogen) atoms. The minimum atomic E-state index is -0.606. The predicted molar refractivity (Wildman–Crippen MR) is 75.8 cm³/mol. The van der Waals surface area contributed by atoms with Crippen molar-refractivity contribution in [2.24, 2.45) is 5.73 Å². The van der Waals surface area contributed by atoms with Crippen molar-refractivity contribution in [3.8, 4) is 0 Å². The average Bonchev–Trinajstić information content (AvgIpc) is 2.46. The van der Waals surface area contributed by atoms with E-state index in [-0.39, 0.29) is 0 Å². The smallest absolute Gasteiger partial charge is 0.316 e. The van der Waals surface area contributed by atoms with Crippen molar-refractivity contribution in [2.45, 2.75) is 19.8 Å². The van der Waals surface area contributed by atoms with Gasteiger partial charge in [0.2, 0.25) is 0 Å². The molecule has 0 fully saturated rings. The van der Waals surface area contributed by atoms with E-state index in [9.17, 15) is 9.59 Å². The highest BCUT2D eigenvalue weighted by atomic mass is 16.2. The Bertz CT molecular complexity index is 406. The van der Waals surface area contributed by atoms with E-state index in [1.807, 2.05) is 37.3 Å². The van der Waals surface area contributed by atoms with Crippen LogP contribution in [0.4, 0.5) is 5.69 Å². The molecule has 0 saturated heterocycles. The number of rotatable bonds is 6.